The van der Waals surface area contributed by atoms with Crippen LogP contribution in [-0.2, 0) is 36.8 Å². The number of hydrogen-bond acceptors (Lipinski definition) is 8. The number of carbonyl (C=O) groups excluding carboxylic acids is 3. The van der Waals surface area contributed by atoms with Crippen LogP contribution >= 0.6 is 0 Å². The molecule has 9 nitrogen and oxygen atoms in total. The smallest absolute Gasteiger partial charge is 0.418 e. The van der Waals surface area contributed by atoms with Crippen LogP contribution in [0, 0.1) is 0 Å². The van der Waals surface area contributed by atoms with Gasteiger partial charge in [-0.25, -0.2) is 14.4 Å². The van der Waals surface area contributed by atoms with E-state index in [4.69, 9.17) is 14.2 Å². The second kappa shape index (κ2) is 8.64. The minimum atomic E-state index is -1.07. The first kappa shape index (κ1) is 23.3. The Kier molecular flexibility index (Phi) is 6.29. The van der Waals surface area contributed by atoms with Gasteiger partial charge < -0.3 is 19.5 Å². The fourth-order valence-corrected chi connectivity index (χ4v) is 3.54. The molecule has 1 aromatic carbocycles. The highest BCUT2D eigenvalue weighted by molar-refractivity contribution is 6.29. The van der Waals surface area contributed by atoms with Crippen LogP contribution in [0.5, 0.6) is 0 Å². The second-order valence-electron chi connectivity index (χ2n) is 9.20. The average molecular weight is 444 g/mol. The van der Waals surface area contributed by atoms with E-state index in [0.29, 0.717) is 24.2 Å². The fourth-order valence-electron chi connectivity index (χ4n) is 3.54. The minimum Gasteiger partial charge on any atom is -0.465 e. The molecule has 0 saturated heterocycles. The maximum atomic E-state index is 12.6. The lowest BCUT2D eigenvalue weighted by Gasteiger charge is -2.28. The van der Waals surface area contributed by atoms with Crippen LogP contribution in [0.3, 0.4) is 0 Å². The van der Waals surface area contributed by atoms with Crippen LogP contribution < -0.4 is 5.32 Å². The van der Waals surface area contributed by atoms with Crippen molar-refractivity contribution in [3.8, 4) is 11.3 Å². The number of esters is 3. The van der Waals surface area contributed by atoms with Crippen molar-refractivity contribution in [2.24, 2.45) is 0 Å². The first-order valence-corrected chi connectivity index (χ1v) is 10.4. The first-order valence-electron chi connectivity index (χ1n) is 10.4. The van der Waals surface area contributed by atoms with Crippen LogP contribution in [0.25, 0.3) is 11.3 Å². The van der Waals surface area contributed by atoms with Gasteiger partial charge in [0.2, 0.25) is 0 Å². The van der Waals surface area contributed by atoms with Gasteiger partial charge in [-0.2, -0.15) is 5.10 Å². The number of nitrogens with one attached hydrogen (secondary N) is 1. The van der Waals surface area contributed by atoms with Crippen molar-refractivity contribution in [1.82, 2.24) is 9.78 Å². The fraction of sp³-hybridized carbons (Fsp3) is 0.478. The van der Waals surface area contributed by atoms with Crippen molar-refractivity contribution in [1.29, 1.82) is 0 Å². The van der Waals surface area contributed by atoms with Crippen molar-refractivity contribution in [2.45, 2.75) is 58.8 Å². The molecular weight excluding hydrogens is 414 g/mol. The molecule has 32 heavy (non-hydrogen) atoms. The van der Waals surface area contributed by atoms with Crippen LogP contribution in [0.2, 0.25) is 0 Å². The van der Waals surface area contributed by atoms with Crippen LogP contribution in [0.4, 0.5) is 5.69 Å². The van der Waals surface area contributed by atoms with E-state index in [0.717, 1.165) is 16.8 Å². The number of ether oxygens (including phenoxy) is 3. The van der Waals surface area contributed by atoms with Crippen LogP contribution in [0.1, 0.15) is 50.5 Å². The molecule has 0 saturated carbocycles. The molecule has 0 fully saturated rings. The minimum absolute atomic E-state index is 0.155. The maximum absolute atomic E-state index is 12.6. The summed E-state index contributed by atoms with van der Waals surface area (Å²) < 4.78 is 17.3. The zero-order chi connectivity index (χ0) is 23.7. The molecule has 172 valence electrons. The Morgan fingerprint density at radius 3 is 2.41 bits per heavy atom. The SMILES string of the molecule is COC(=O)c1c(NCC(C)(C)OC(=O)C(=O)OC(C)(C)C)ccc2c1CCn1nccc1-2. The molecule has 0 atom stereocenters. The van der Waals surface area contributed by atoms with Gasteiger partial charge in [-0.05, 0) is 58.7 Å². The lowest BCUT2D eigenvalue weighted by molar-refractivity contribution is -0.181. The van der Waals surface area contributed by atoms with Gasteiger partial charge in [-0.3, -0.25) is 4.68 Å². The Bertz CT molecular complexity index is 1050. The number of carbonyl (C=O) groups is 3. The molecule has 1 aromatic heterocycles. The standard InChI is InChI=1S/C23H29N3O6/c1-22(2,3)31-20(28)21(29)32-23(4,5)13-24-16-8-7-14-15(18(16)19(27)30-6)10-12-26-17(14)9-11-25-26/h7-9,11,24H,10,12-13H2,1-6H3. The largest absolute Gasteiger partial charge is 0.465 e. The predicted octanol–water partition coefficient (Wildman–Crippen LogP) is 2.97. The van der Waals surface area contributed by atoms with Gasteiger partial charge in [0.1, 0.15) is 11.2 Å². The Morgan fingerprint density at radius 1 is 1.06 bits per heavy atom. The van der Waals surface area contributed by atoms with Gasteiger partial charge in [-0.15, -0.1) is 0 Å². The van der Waals surface area contributed by atoms with Gasteiger partial charge in [0.05, 0.1) is 24.9 Å². The van der Waals surface area contributed by atoms with Crippen LogP contribution in [0.15, 0.2) is 24.4 Å². The number of aromatic nitrogens is 2. The van der Waals surface area contributed by atoms with E-state index in [9.17, 15) is 14.4 Å². The highest BCUT2D eigenvalue weighted by Gasteiger charge is 2.32. The molecule has 0 unspecified atom stereocenters. The highest BCUT2D eigenvalue weighted by Crippen LogP contribution is 2.35. The number of hydrogen-bond donors (Lipinski definition) is 1. The third-order valence-corrected chi connectivity index (χ3v) is 4.91. The quantitative estimate of drug-likeness (QED) is 0.427. The molecule has 9 heteroatoms. The molecular formula is C23H29N3O6. The van der Waals surface area contributed by atoms with Gasteiger partial charge in [0, 0.05) is 24.0 Å². The Labute approximate surface area is 187 Å². The zero-order valence-corrected chi connectivity index (χ0v) is 19.3. The molecule has 3 rings (SSSR count). The number of benzene rings is 1. The molecule has 2 heterocycles. The number of methoxy groups -OCH3 is 1. The Balaban J connectivity index is 1.80. The number of nitrogens with zero attached hydrogens (tertiary/aromatic N) is 2. The summed E-state index contributed by atoms with van der Waals surface area (Å²) in [5.41, 5.74) is 1.89. The van der Waals surface area contributed by atoms with E-state index in [1.54, 1.807) is 46.9 Å². The number of fused-ring (bicyclic) bond motifs is 3. The van der Waals surface area contributed by atoms with Crippen molar-refractivity contribution >= 4 is 23.6 Å². The number of rotatable bonds is 5. The Morgan fingerprint density at radius 2 is 1.75 bits per heavy atom. The van der Waals surface area contributed by atoms with Crippen molar-refractivity contribution in [3.05, 3.63) is 35.5 Å². The lowest BCUT2D eigenvalue weighted by Crippen LogP contribution is -2.40. The monoisotopic (exact) mass is 443 g/mol. The van der Waals surface area contributed by atoms with Crippen molar-refractivity contribution in [2.75, 3.05) is 19.0 Å². The predicted molar refractivity (Wildman–Crippen MR) is 117 cm³/mol. The van der Waals surface area contributed by atoms with E-state index in [1.807, 2.05) is 16.8 Å². The normalized spacial score (nSPS) is 12.9. The van der Waals surface area contributed by atoms with E-state index in [2.05, 4.69) is 10.4 Å². The lowest BCUT2D eigenvalue weighted by atomic mass is 9.92. The molecule has 0 amide bonds. The van der Waals surface area contributed by atoms with E-state index < -0.39 is 29.1 Å². The van der Waals surface area contributed by atoms with Crippen LogP contribution in [-0.4, -0.2) is 52.5 Å². The third kappa shape index (κ3) is 5.09. The highest BCUT2D eigenvalue weighted by atomic mass is 16.6. The second-order valence-corrected chi connectivity index (χ2v) is 9.20. The summed E-state index contributed by atoms with van der Waals surface area (Å²) in [7, 11) is 1.34. The van der Waals surface area contributed by atoms with Crippen molar-refractivity contribution in [3.63, 3.8) is 0 Å². The van der Waals surface area contributed by atoms with Gasteiger partial charge in [0.25, 0.3) is 0 Å². The molecule has 1 N–H and O–H groups in total. The molecule has 0 bridgehead atoms. The van der Waals surface area contributed by atoms with Gasteiger partial charge in [-0.1, -0.05) is 6.07 Å². The molecule has 0 spiro atoms. The van der Waals surface area contributed by atoms with Gasteiger partial charge in [0.15, 0.2) is 0 Å². The maximum Gasteiger partial charge on any atom is 0.418 e. The number of anilines is 1. The molecule has 1 aliphatic rings. The summed E-state index contributed by atoms with van der Waals surface area (Å²) in [4.78, 5) is 36.7. The van der Waals surface area contributed by atoms with E-state index >= 15 is 0 Å². The topological polar surface area (TPSA) is 109 Å². The summed E-state index contributed by atoms with van der Waals surface area (Å²) in [6.07, 6.45) is 2.36. The number of aryl methyl sites for hydroxylation is 1. The molecule has 0 aliphatic carbocycles. The van der Waals surface area contributed by atoms with E-state index in [-0.39, 0.29) is 6.54 Å². The summed E-state index contributed by atoms with van der Waals surface area (Å²) >= 11 is 0. The molecule has 1 aliphatic heterocycles. The summed E-state index contributed by atoms with van der Waals surface area (Å²) in [6, 6.07) is 5.63. The first-order chi connectivity index (χ1) is 14.9. The zero-order valence-electron chi connectivity index (χ0n) is 19.3. The summed E-state index contributed by atoms with van der Waals surface area (Å²) in [5, 5.41) is 7.48. The summed E-state index contributed by atoms with van der Waals surface area (Å²) in [5.74, 6) is -2.58. The molecule has 0 radical (unpaired) electrons. The third-order valence-electron chi connectivity index (χ3n) is 4.91. The summed E-state index contributed by atoms with van der Waals surface area (Å²) in [6.45, 7) is 9.14. The Hall–Kier alpha value is -3.36. The van der Waals surface area contributed by atoms with E-state index in [1.165, 1.54) is 7.11 Å². The van der Waals surface area contributed by atoms with Gasteiger partial charge >= 0.3 is 17.9 Å². The van der Waals surface area contributed by atoms with Crippen molar-refractivity contribution < 1.29 is 28.6 Å². The molecule has 2 aromatic rings. The average Bonchev–Trinajstić information content (AvgIpc) is 3.18.